The summed E-state index contributed by atoms with van der Waals surface area (Å²) in [4.78, 5) is 0. The number of hydrogen-bond donors (Lipinski definition) is 3. The van der Waals surface area contributed by atoms with Gasteiger partial charge in [-0.25, -0.2) is 0 Å². The Morgan fingerprint density at radius 1 is 0.571 bits per heavy atom. The SMILES string of the molecule is CC(Cc1ccccc1)[NH2+]CC[NH2+]CC[NH2+]C(C)Cc1ccccc1.[Cl-].[Cl-].[Cl-]. The molecule has 0 heterocycles. The Morgan fingerprint density at radius 2 is 0.929 bits per heavy atom. The smallest absolute Gasteiger partial charge is 0.125 e. The average molecular weight is 449 g/mol. The molecular weight excluding hydrogens is 413 g/mol. The molecular formula is C22H36Cl3N3. The molecule has 0 spiro atoms. The maximum absolute atomic E-state index is 2.48. The Morgan fingerprint density at radius 3 is 1.29 bits per heavy atom. The van der Waals surface area contributed by atoms with E-state index in [-0.39, 0.29) is 37.2 Å². The fourth-order valence-corrected chi connectivity index (χ4v) is 3.28. The molecule has 6 heteroatoms. The molecule has 2 unspecified atom stereocenters. The summed E-state index contributed by atoms with van der Waals surface area (Å²) in [5.74, 6) is 0. The molecule has 0 aliphatic heterocycles. The molecule has 0 saturated carbocycles. The fraction of sp³-hybridized carbons (Fsp3) is 0.455. The van der Waals surface area contributed by atoms with Gasteiger partial charge in [0, 0.05) is 12.8 Å². The van der Waals surface area contributed by atoms with Gasteiger partial charge in [0.2, 0.25) is 0 Å². The van der Waals surface area contributed by atoms with Gasteiger partial charge in [-0.2, -0.15) is 0 Å². The summed E-state index contributed by atoms with van der Waals surface area (Å²) < 4.78 is 0. The van der Waals surface area contributed by atoms with Crippen LogP contribution in [0.15, 0.2) is 60.7 Å². The van der Waals surface area contributed by atoms with Crippen molar-refractivity contribution < 1.29 is 53.2 Å². The van der Waals surface area contributed by atoms with Crippen molar-refractivity contribution in [1.29, 1.82) is 0 Å². The van der Waals surface area contributed by atoms with Crippen molar-refractivity contribution in [1.82, 2.24) is 0 Å². The van der Waals surface area contributed by atoms with Crippen LogP contribution in [-0.2, 0) is 12.8 Å². The molecule has 0 aliphatic carbocycles. The molecule has 0 aromatic heterocycles. The van der Waals surface area contributed by atoms with Crippen molar-refractivity contribution in [3.63, 3.8) is 0 Å². The third-order valence-electron chi connectivity index (χ3n) is 4.68. The predicted molar refractivity (Wildman–Crippen MR) is 104 cm³/mol. The normalized spacial score (nSPS) is 12.1. The number of rotatable bonds is 12. The number of hydrogen-bond acceptors (Lipinski definition) is 0. The van der Waals surface area contributed by atoms with Gasteiger partial charge in [-0.15, -0.1) is 0 Å². The lowest BCUT2D eigenvalue weighted by atomic mass is 10.1. The van der Waals surface area contributed by atoms with Gasteiger partial charge >= 0.3 is 0 Å². The first-order chi connectivity index (χ1) is 12.2. The molecule has 0 amide bonds. The lowest BCUT2D eigenvalue weighted by Crippen LogP contribution is -3.01. The minimum atomic E-state index is 0. The third kappa shape index (κ3) is 13.4. The van der Waals surface area contributed by atoms with Crippen LogP contribution in [-0.4, -0.2) is 38.3 Å². The Bertz CT molecular complexity index is 518. The third-order valence-corrected chi connectivity index (χ3v) is 4.68. The van der Waals surface area contributed by atoms with Crippen LogP contribution in [0.2, 0.25) is 0 Å². The zero-order valence-electron chi connectivity index (χ0n) is 17.0. The maximum Gasteiger partial charge on any atom is 0.125 e. The van der Waals surface area contributed by atoms with E-state index in [2.05, 4.69) is 90.5 Å². The molecule has 0 aliphatic rings. The molecule has 160 valence electrons. The van der Waals surface area contributed by atoms with E-state index >= 15 is 0 Å². The van der Waals surface area contributed by atoms with E-state index in [4.69, 9.17) is 0 Å². The van der Waals surface area contributed by atoms with Gasteiger partial charge in [0.1, 0.15) is 26.2 Å². The van der Waals surface area contributed by atoms with E-state index in [1.54, 1.807) is 0 Å². The number of halogens is 3. The zero-order chi connectivity index (χ0) is 17.7. The fourth-order valence-electron chi connectivity index (χ4n) is 3.28. The van der Waals surface area contributed by atoms with Gasteiger partial charge in [-0.05, 0) is 25.0 Å². The van der Waals surface area contributed by atoms with Gasteiger partial charge < -0.3 is 53.2 Å². The van der Waals surface area contributed by atoms with Crippen LogP contribution < -0.4 is 53.2 Å². The summed E-state index contributed by atoms with van der Waals surface area (Å²) in [5, 5.41) is 7.41. The summed E-state index contributed by atoms with van der Waals surface area (Å²) in [6.07, 6.45) is 2.32. The van der Waals surface area contributed by atoms with Crippen molar-refractivity contribution in [2.45, 2.75) is 38.8 Å². The zero-order valence-corrected chi connectivity index (χ0v) is 19.3. The van der Waals surface area contributed by atoms with Crippen molar-refractivity contribution in [3.05, 3.63) is 71.8 Å². The van der Waals surface area contributed by atoms with Gasteiger partial charge in [0.25, 0.3) is 0 Å². The van der Waals surface area contributed by atoms with Crippen LogP contribution in [0.1, 0.15) is 25.0 Å². The highest BCUT2D eigenvalue weighted by Gasteiger charge is 2.08. The average Bonchev–Trinajstić information content (AvgIpc) is 2.62. The Kier molecular flexibility index (Phi) is 19.1. The van der Waals surface area contributed by atoms with Crippen molar-refractivity contribution in [3.8, 4) is 0 Å². The van der Waals surface area contributed by atoms with E-state index in [1.807, 2.05) is 0 Å². The predicted octanol–water partition coefficient (Wildman–Crippen LogP) is -9.05. The molecule has 3 nitrogen and oxygen atoms in total. The Balaban J connectivity index is 0. The number of benzene rings is 2. The summed E-state index contributed by atoms with van der Waals surface area (Å²) in [6.45, 7) is 9.47. The Labute approximate surface area is 189 Å². The van der Waals surface area contributed by atoms with Crippen LogP contribution in [0.25, 0.3) is 0 Å². The maximum atomic E-state index is 2.48. The number of nitrogens with two attached hydrogens (primary N) is 3. The molecule has 0 bridgehead atoms. The monoisotopic (exact) mass is 447 g/mol. The van der Waals surface area contributed by atoms with Crippen LogP contribution in [0, 0.1) is 0 Å². The molecule has 2 aromatic rings. The first-order valence-electron chi connectivity index (χ1n) is 9.80. The summed E-state index contributed by atoms with van der Waals surface area (Å²) in [5.41, 5.74) is 2.88. The van der Waals surface area contributed by atoms with Gasteiger partial charge in [-0.3, -0.25) is 0 Å². The minimum Gasteiger partial charge on any atom is -1.00 e. The van der Waals surface area contributed by atoms with Crippen molar-refractivity contribution in [2.75, 3.05) is 26.2 Å². The van der Waals surface area contributed by atoms with Gasteiger partial charge in [0.05, 0.1) is 12.1 Å². The molecule has 2 rings (SSSR count). The van der Waals surface area contributed by atoms with E-state index in [0.717, 1.165) is 12.8 Å². The highest BCUT2D eigenvalue weighted by molar-refractivity contribution is 5.15. The van der Waals surface area contributed by atoms with Crippen molar-refractivity contribution in [2.24, 2.45) is 0 Å². The summed E-state index contributed by atoms with van der Waals surface area (Å²) >= 11 is 0. The summed E-state index contributed by atoms with van der Waals surface area (Å²) in [7, 11) is 0. The topological polar surface area (TPSA) is 49.8 Å². The molecule has 0 saturated heterocycles. The van der Waals surface area contributed by atoms with E-state index in [0.29, 0.717) is 12.1 Å². The van der Waals surface area contributed by atoms with Gasteiger partial charge in [0.15, 0.2) is 0 Å². The van der Waals surface area contributed by atoms with E-state index < -0.39 is 0 Å². The van der Waals surface area contributed by atoms with E-state index in [1.165, 1.54) is 37.3 Å². The molecule has 28 heavy (non-hydrogen) atoms. The van der Waals surface area contributed by atoms with Crippen LogP contribution >= 0.6 is 0 Å². The minimum absolute atomic E-state index is 0. The molecule has 2 aromatic carbocycles. The quantitative estimate of drug-likeness (QED) is 0.270. The lowest BCUT2D eigenvalue weighted by molar-refractivity contribution is -0.764. The highest BCUT2D eigenvalue weighted by atomic mass is 35.5. The van der Waals surface area contributed by atoms with Crippen LogP contribution in [0.5, 0.6) is 0 Å². The van der Waals surface area contributed by atoms with Crippen LogP contribution in [0.4, 0.5) is 0 Å². The first-order valence-corrected chi connectivity index (χ1v) is 9.80. The second-order valence-electron chi connectivity index (χ2n) is 7.25. The first kappa shape index (κ1) is 29.4. The highest BCUT2D eigenvalue weighted by Crippen LogP contribution is 2.01. The Hall–Kier alpha value is -0.810. The largest absolute Gasteiger partial charge is 1.00 e. The molecule has 0 radical (unpaired) electrons. The molecule has 0 fully saturated rings. The second-order valence-corrected chi connectivity index (χ2v) is 7.25. The molecule has 2 atom stereocenters. The summed E-state index contributed by atoms with van der Waals surface area (Å²) in [6, 6.07) is 22.9. The standard InChI is InChI=1S/C22H33N3.3ClH/c1-19(17-21-9-5-3-6-10-21)24-15-13-23-14-16-25-20(2)18-22-11-7-4-8-12-22;;;/h3-12,19-20,23-25H,13-18H2,1-2H3;3*1H. The second kappa shape index (κ2) is 18.2. The lowest BCUT2D eigenvalue weighted by Gasteiger charge is -2.11. The molecule has 6 N–H and O–H groups in total. The van der Waals surface area contributed by atoms with Gasteiger partial charge in [-0.1, -0.05) is 60.7 Å². The van der Waals surface area contributed by atoms with Crippen molar-refractivity contribution >= 4 is 0 Å². The number of quaternary nitrogens is 3. The van der Waals surface area contributed by atoms with Crippen LogP contribution in [0.3, 0.4) is 0 Å². The van der Waals surface area contributed by atoms with E-state index in [9.17, 15) is 0 Å².